The van der Waals surface area contributed by atoms with Gasteiger partial charge in [-0.15, -0.1) is 0 Å². The van der Waals surface area contributed by atoms with Crippen molar-refractivity contribution in [2.75, 3.05) is 55.2 Å². The van der Waals surface area contributed by atoms with Crippen LogP contribution in [-0.2, 0) is 111 Å². The molecule has 634 valence electrons. The average molecular weight is 1660 g/mol. The van der Waals surface area contributed by atoms with E-state index in [-0.39, 0.29) is 135 Å². The molecular formula is C90H110ClN17O12. The van der Waals surface area contributed by atoms with Gasteiger partial charge in [0.1, 0.15) is 11.8 Å². The summed E-state index contributed by atoms with van der Waals surface area (Å²) < 4.78 is 0. The van der Waals surface area contributed by atoms with E-state index >= 15 is 0 Å². The number of ketones is 3. The summed E-state index contributed by atoms with van der Waals surface area (Å²) in [6.07, 6.45) is 12.5. The number of carboxylic acids is 1. The van der Waals surface area contributed by atoms with Crippen LogP contribution in [0.5, 0.6) is 0 Å². The summed E-state index contributed by atoms with van der Waals surface area (Å²) in [4.78, 5) is 165. The molecule has 0 radical (unpaired) electrons. The standard InChI is InChI=1S/C31H38N6O4.C30H35N5O5.C29H36N6O3.ClH/c1-22(18-29(39)23(2)35-24(3)38)31(41)34-17-14-25-10-12-26(13-11-25)36-30(40)21-37(19-27-8-4-6-15-32-27)20-28-9-5-7-16-33-28;1-22(30(39)40)18-27(36)12-13-28(37)33-17-14-23-8-10-24(11-9-23)34-29(38)21-35(19-25-6-2-4-15-31-25)20-26-7-3-5-16-32-26;1-21(17-27(36)22(2)30)29(38)33-16-13-23-9-11-24(12-10-23)34-28(37)20-35(18-25-7-3-5-14-31-25)19-26-8-4-6-15-32-26;/h4-13,15-16,22-23H,14,17-21H2,1-3H3,(H,34,41)(H,35,38)(H,36,40);2-11,15-16,22H,12-14,17-21H2,1H3,(H,33,37)(H,34,38)(H,39,40);3-12,14-15,21-22H,13,16-20,30H2,1-2H3,(H,33,38)(H,34,37);1H/t22-,23+;22-;21-,22+;/m000./s1. The molecule has 0 spiro atoms. The highest BCUT2D eigenvalue weighted by atomic mass is 35.5. The van der Waals surface area contributed by atoms with E-state index in [1.54, 1.807) is 64.9 Å². The van der Waals surface area contributed by atoms with Crippen LogP contribution in [0.3, 0.4) is 0 Å². The Morgan fingerprint density at radius 2 is 0.658 bits per heavy atom. The lowest BCUT2D eigenvalue weighted by Crippen LogP contribution is -3.00. The first kappa shape index (κ1) is 96.3. The predicted octanol–water partition coefficient (Wildman–Crippen LogP) is 5.14. The van der Waals surface area contributed by atoms with Crippen LogP contribution in [0.25, 0.3) is 0 Å². The summed E-state index contributed by atoms with van der Waals surface area (Å²) in [5.74, 6) is -4.37. The first-order valence-electron chi connectivity index (χ1n) is 39.7. The van der Waals surface area contributed by atoms with E-state index in [1.165, 1.54) is 13.8 Å². The van der Waals surface area contributed by atoms with Crippen LogP contribution in [0.15, 0.2) is 219 Å². The SMILES string of the molecule is CC(=O)N[C@H](C)C(=O)C[C@H](C)C(=O)NCCc1ccc(NC(=O)CN(Cc2ccccn2)Cc2ccccn2)cc1.C[C@@H](CC(=O)CCC(=O)NCCc1ccc(NC(=O)CN(Cc2ccccn2)Cc2ccccn2)cc1)C(=O)O.C[C@@H]([NH3+])C(=O)C[C@H](C)C(=O)NCCc1ccc(NC(=O)CN(Cc2ccccn2)Cc2ccccn2)cc1.[Cl-]. The number of pyridine rings is 6. The monoisotopic (exact) mass is 1660 g/mol. The summed E-state index contributed by atoms with van der Waals surface area (Å²) in [7, 11) is 0. The molecule has 9 rings (SSSR count). The number of carboxylic acid groups (broad SMARTS) is 1. The molecule has 0 bridgehead atoms. The van der Waals surface area contributed by atoms with E-state index in [2.05, 4.69) is 72.9 Å². The number of hydrogen-bond donors (Lipinski definition) is 9. The second kappa shape index (κ2) is 53.0. The molecule has 11 N–H and O–H groups in total. The van der Waals surface area contributed by atoms with Gasteiger partial charge in [0.15, 0.2) is 11.6 Å². The third kappa shape index (κ3) is 38.7. The fourth-order valence-corrected chi connectivity index (χ4v) is 12.1. The van der Waals surface area contributed by atoms with Crippen molar-refractivity contribution in [2.45, 2.75) is 144 Å². The molecule has 3 aromatic carbocycles. The Morgan fingerprint density at radius 3 is 0.925 bits per heavy atom. The highest BCUT2D eigenvalue weighted by Gasteiger charge is 2.24. The molecule has 29 nitrogen and oxygen atoms in total. The summed E-state index contributed by atoms with van der Waals surface area (Å²) >= 11 is 0. The number of anilines is 3. The molecule has 0 saturated heterocycles. The molecule has 5 atom stereocenters. The zero-order chi connectivity index (χ0) is 85.7. The molecule has 120 heavy (non-hydrogen) atoms. The number of hydrogen-bond acceptors (Lipinski definition) is 20. The van der Waals surface area contributed by atoms with Crippen molar-refractivity contribution in [1.82, 2.24) is 65.9 Å². The zero-order valence-corrected chi connectivity index (χ0v) is 69.6. The number of halogens is 1. The minimum Gasteiger partial charge on any atom is -1.00 e. The number of amides is 7. The second-order valence-electron chi connectivity index (χ2n) is 29.2. The van der Waals surface area contributed by atoms with Gasteiger partial charge in [0.25, 0.3) is 0 Å². The molecule has 6 heterocycles. The smallest absolute Gasteiger partial charge is 0.306 e. The van der Waals surface area contributed by atoms with E-state index in [1.807, 2.05) is 197 Å². The van der Waals surface area contributed by atoms with Gasteiger partial charge in [-0.2, -0.15) is 0 Å². The third-order valence-corrected chi connectivity index (χ3v) is 18.6. The molecule has 9 aromatic rings. The van der Waals surface area contributed by atoms with E-state index in [4.69, 9.17) is 5.11 Å². The second-order valence-corrected chi connectivity index (χ2v) is 29.2. The fraction of sp³-hybridized carbons (Fsp3) is 0.344. The maximum atomic E-state index is 12.9. The molecule has 0 aliphatic rings. The number of carbonyl (C=O) groups is 11. The predicted molar refractivity (Wildman–Crippen MR) is 452 cm³/mol. The van der Waals surface area contributed by atoms with Gasteiger partial charge >= 0.3 is 5.97 Å². The molecule has 7 amide bonds. The zero-order valence-electron chi connectivity index (χ0n) is 68.9. The highest BCUT2D eigenvalue weighted by Crippen LogP contribution is 2.18. The van der Waals surface area contributed by atoms with Gasteiger partial charge in [-0.25, -0.2) is 0 Å². The number of rotatable bonds is 45. The number of quaternary nitrogens is 1. The summed E-state index contributed by atoms with van der Waals surface area (Å²) in [5, 5.41) is 28.8. The van der Waals surface area contributed by atoms with Crippen molar-refractivity contribution in [1.29, 1.82) is 0 Å². The highest BCUT2D eigenvalue weighted by molar-refractivity contribution is 5.95. The lowest BCUT2D eigenvalue weighted by molar-refractivity contribution is -0.397. The van der Waals surface area contributed by atoms with E-state index < -0.39 is 23.8 Å². The molecular weight excluding hydrogens is 1550 g/mol. The maximum Gasteiger partial charge on any atom is 0.306 e. The van der Waals surface area contributed by atoms with Crippen LogP contribution < -0.4 is 55.4 Å². The van der Waals surface area contributed by atoms with E-state index in [0.29, 0.717) is 95.2 Å². The minimum absolute atomic E-state index is 0. The Morgan fingerprint density at radius 1 is 0.367 bits per heavy atom. The molecule has 0 unspecified atom stereocenters. The Balaban J connectivity index is 0.000000278. The summed E-state index contributed by atoms with van der Waals surface area (Å²) in [6, 6.07) is 55.8. The van der Waals surface area contributed by atoms with Gasteiger partial charge in [-0.3, -0.25) is 97.3 Å². The van der Waals surface area contributed by atoms with Crippen molar-refractivity contribution in [3.05, 3.63) is 270 Å². The first-order chi connectivity index (χ1) is 57.3. The Bertz CT molecular complexity index is 4530. The number of carbonyl (C=O) groups excluding carboxylic acids is 10. The van der Waals surface area contributed by atoms with Crippen LogP contribution in [0.1, 0.15) is 125 Å². The Kier molecular flexibility index (Phi) is 42.5. The van der Waals surface area contributed by atoms with Gasteiger partial charge in [0.2, 0.25) is 41.4 Å². The third-order valence-electron chi connectivity index (χ3n) is 18.6. The summed E-state index contributed by atoms with van der Waals surface area (Å²) in [5.41, 5.74) is 14.0. The van der Waals surface area contributed by atoms with Crippen LogP contribution in [0.4, 0.5) is 17.1 Å². The minimum atomic E-state index is -1.02. The van der Waals surface area contributed by atoms with Crippen LogP contribution in [-0.4, -0.2) is 166 Å². The van der Waals surface area contributed by atoms with E-state index in [0.717, 1.165) is 50.9 Å². The lowest BCUT2D eigenvalue weighted by atomic mass is 10.00. The van der Waals surface area contributed by atoms with Crippen LogP contribution >= 0.6 is 0 Å². The Hall–Kier alpha value is -12.5. The van der Waals surface area contributed by atoms with Gasteiger partial charge in [-0.05, 0) is 159 Å². The normalized spacial score (nSPS) is 12.0. The molecule has 0 aliphatic carbocycles. The van der Waals surface area contributed by atoms with Crippen molar-refractivity contribution < 1.29 is 76.0 Å². The van der Waals surface area contributed by atoms with Gasteiger partial charge in [0, 0.05) is 164 Å². The lowest BCUT2D eigenvalue weighted by Gasteiger charge is -2.21. The molecule has 6 aromatic heterocycles. The summed E-state index contributed by atoms with van der Waals surface area (Å²) in [6.45, 7) is 14.5. The topological polar surface area (TPSA) is 407 Å². The quantitative estimate of drug-likeness (QED) is 0.0238. The molecule has 0 saturated carbocycles. The number of nitrogens with zero attached hydrogens (tertiary/aromatic N) is 9. The molecule has 0 aliphatic heterocycles. The fourth-order valence-electron chi connectivity index (χ4n) is 12.1. The van der Waals surface area contributed by atoms with Gasteiger partial charge < -0.3 is 60.5 Å². The van der Waals surface area contributed by atoms with Crippen molar-refractivity contribution >= 4 is 81.7 Å². The van der Waals surface area contributed by atoms with Crippen molar-refractivity contribution in [3.8, 4) is 0 Å². The number of benzene rings is 3. The van der Waals surface area contributed by atoms with E-state index in [9.17, 15) is 52.7 Å². The number of nitrogens with one attached hydrogen (secondary N) is 7. The first-order valence-corrected chi connectivity index (χ1v) is 39.7. The van der Waals surface area contributed by atoms with Gasteiger partial charge in [-0.1, -0.05) is 93.6 Å². The largest absolute Gasteiger partial charge is 1.00 e. The number of aromatic nitrogens is 6. The Labute approximate surface area is 707 Å². The molecule has 30 heteroatoms. The van der Waals surface area contributed by atoms with Crippen LogP contribution in [0.2, 0.25) is 0 Å². The average Bonchev–Trinajstić information content (AvgIpc) is 0.881. The van der Waals surface area contributed by atoms with Gasteiger partial charge in [0.05, 0.1) is 65.8 Å². The maximum absolute atomic E-state index is 12.9. The number of Topliss-reactive ketones (excluding diaryl/α,β-unsaturated/α-hetero) is 3. The van der Waals surface area contributed by atoms with Crippen molar-refractivity contribution in [2.24, 2.45) is 17.8 Å². The molecule has 0 fully saturated rings. The number of aliphatic carboxylic acids is 1. The van der Waals surface area contributed by atoms with Crippen LogP contribution in [0, 0.1) is 17.8 Å². The van der Waals surface area contributed by atoms with Crippen molar-refractivity contribution in [3.63, 3.8) is 0 Å².